The second-order valence-electron chi connectivity index (χ2n) is 14.8. The van der Waals surface area contributed by atoms with Crippen molar-refractivity contribution in [3.05, 3.63) is 12.2 Å². The quantitative estimate of drug-likeness (QED) is 0.149. The molecule has 2 heteroatoms. The Kier molecular flexibility index (Phi) is 7.86. The summed E-state index contributed by atoms with van der Waals surface area (Å²) in [6.45, 7) is 6.96. The first kappa shape index (κ1) is 26.4. The Labute approximate surface area is 228 Å². The molecule has 0 aromatic heterocycles. The SMILES string of the molecule is CCCC=CCCCC(CCC)C(=O)OC(C)(C1CC2CC1C1CCCC21)C1CC2CC1C1CCCC21. The van der Waals surface area contributed by atoms with Crippen LogP contribution in [-0.2, 0) is 9.53 Å². The number of allylic oxidation sites excluding steroid dienone is 2. The van der Waals surface area contributed by atoms with E-state index in [1.54, 1.807) is 0 Å². The maximum absolute atomic E-state index is 14.1. The van der Waals surface area contributed by atoms with Crippen LogP contribution in [0.2, 0.25) is 0 Å². The molecule has 0 radical (unpaired) electrons. The lowest BCUT2D eigenvalue weighted by molar-refractivity contribution is -0.189. The summed E-state index contributed by atoms with van der Waals surface area (Å²) in [5.74, 6) is 8.97. The van der Waals surface area contributed by atoms with Crippen LogP contribution in [0.5, 0.6) is 0 Å². The van der Waals surface area contributed by atoms with Gasteiger partial charge < -0.3 is 4.74 Å². The predicted octanol–water partition coefficient (Wildman–Crippen LogP) is 9.38. The van der Waals surface area contributed by atoms with Crippen molar-refractivity contribution >= 4 is 5.97 Å². The molecule has 11 unspecified atom stereocenters. The molecule has 0 saturated heterocycles. The number of ether oxygens (including phenoxy) is 1. The van der Waals surface area contributed by atoms with E-state index in [0.717, 1.165) is 79.4 Å². The normalized spacial score (nSPS) is 43.9. The van der Waals surface area contributed by atoms with Crippen LogP contribution in [0.4, 0.5) is 0 Å². The van der Waals surface area contributed by atoms with Gasteiger partial charge in [0.1, 0.15) is 5.60 Å². The number of fused-ring (bicyclic) bond motifs is 10. The molecular formula is C35H56O2. The Hall–Kier alpha value is -0.790. The summed E-state index contributed by atoms with van der Waals surface area (Å²) in [7, 11) is 0. The number of hydrogen-bond acceptors (Lipinski definition) is 2. The van der Waals surface area contributed by atoms with Crippen molar-refractivity contribution < 1.29 is 9.53 Å². The minimum Gasteiger partial charge on any atom is -0.459 e. The topological polar surface area (TPSA) is 26.3 Å². The molecular weight excluding hydrogens is 452 g/mol. The van der Waals surface area contributed by atoms with Gasteiger partial charge in [0.2, 0.25) is 0 Å². The van der Waals surface area contributed by atoms with Crippen LogP contribution >= 0.6 is 0 Å². The fourth-order valence-electron chi connectivity index (χ4n) is 11.8. The zero-order valence-corrected chi connectivity index (χ0v) is 24.3. The van der Waals surface area contributed by atoms with Gasteiger partial charge >= 0.3 is 5.97 Å². The third-order valence-corrected chi connectivity index (χ3v) is 13.2. The van der Waals surface area contributed by atoms with Gasteiger partial charge in [0.15, 0.2) is 0 Å². The molecule has 11 atom stereocenters. The minimum atomic E-state index is -0.218. The molecule has 0 heterocycles. The minimum absolute atomic E-state index is 0.0968. The summed E-state index contributed by atoms with van der Waals surface area (Å²) >= 11 is 0. The van der Waals surface area contributed by atoms with E-state index in [0.29, 0.717) is 11.8 Å². The van der Waals surface area contributed by atoms with Crippen LogP contribution in [0.25, 0.3) is 0 Å². The van der Waals surface area contributed by atoms with Crippen molar-refractivity contribution in [2.24, 2.45) is 65.1 Å². The smallest absolute Gasteiger partial charge is 0.309 e. The first-order chi connectivity index (χ1) is 18.0. The largest absolute Gasteiger partial charge is 0.459 e. The molecule has 0 aromatic rings. The Morgan fingerprint density at radius 3 is 1.89 bits per heavy atom. The van der Waals surface area contributed by atoms with Gasteiger partial charge in [-0.3, -0.25) is 4.79 Å². The van der Waals surface area contributed by atoms with Crippen LogP contribution in [0.15, 0.2) is 12.2 Å². The maximum Gasteiger partial charge on any atom is 0.309 e. The second kappa shape index (κ2) is 11.0. The average molecular weight is 509 g/mol. The number of carbonyl (C=O) groups excluding carboxylic acids is 1. The summed E-state index contributed by atoms with van der Waals surface area (Å²) in [5.41, 5.74) is -0.218. The van der Waals surface area contributed by atoms with Gasteiger partial charge in [-0.25, -0.2) is 0 Å². The fraction of sp³-hybridized carbons (Fsp3) is 0.914. The van der Waals surface area contributed by atoms with E-state index in [2.05, 4.69) is 32.9 Å². The number of unbranched alkanes of at least 4 members (excludes halogenated alkanes) is 2. The summed E-state index contributed by atoms with van der Waals surface area (Å²) in [4.78, 5) is 14.1. The zero-order valence-electron chi connectivity index (χ0n) is 24.3. The lowest BCUT2D eigenvalue weighted by Gasteiger charge is -2.50. The third kappa shape index (κ3) is 4.67. The van der Waals surface area contributed by atoms with Crippen LogP contribution in [0.1, 0.15) is 130 Å². The second-order valence-corrected chi connectivity index (χ2v) is 14.8. The Morgan fingerprint density at radius 2 is 1.32 bits per heavy atom. The van der Waals surface area contributed by atoms with Crippen LogP contribution in [0, 0.1) is 65.1 Å². The maximum atomic E-state index is 14.1. The molecule has 4 bridgehead atoms. The molecule has 0 aromatic carbocycles. The first-order valence-corrected chi connectivity index (χ1v) is 16.9. The van der Waals surface area contributed by atoms with E-state index in [4.69, 9.17) is 4.74 Å². The van der Waals surface area contributed by atoms with Gasteiger partial charge in [-0.1, -0.05) is 51.7 Å². The monoisotopic (exact) mass is 508 g/mol. The summed E-state index contributed by atoms with van der Waals surface area (Å²) in [6, 6.07) is 0. The van der Waals surface area contributed by atoms with E-state index >= 15 is 0 Å². The lowest BCUT2D eigenvalue weighted by Crippen LogP contribution is -2.53. The Bertz CT molecular complexity index is 787. The van der Waals surface area contributed by atoms with E-state index < -0.39 is 0 Å². The average Bonchev–Trinajstić information content (AvgIpc) is 3.72. The highest BCUT2D eigenvalue weighted by Gasteiger charge is 2.65. The molecule has 0 N–H and O–H groups in total. The van der Waals surface area contributed by atoms with Crippen molar-refractivity contribution in [3.63, 3.8) is 0 Å². The van der Waals surface area contributed by atoms with E-state index in [-0.39, 0.29) is 17.5 Å². The molecule has 0 spiro atoms. The highest BCUT2D eigenvalue weighted by atomic mass is 16.6. The van der Waals surface area contributed by atoms with E-state index in [1.165, 1.54) is 77.0 Å². The van der Waals surface area contributed by atoms with Gasteiger partial charge in [-0.15, -0.1) is 0 Å². The first-order valence-electron chi connectivity index (χ1n) is 16.9. The standard InChI is InChI=1S/C35H56O2/c1-4-6-7-8-9-10-14-23(13-5-2)34(36)37-35(3,32-21-24-19-30(32)28-17-11-15-26(24)28)33-22-25-20-31(33)29-18-12-16-27(25)29/h7-8,23-33H,4-6,9-22H2,1-3H3. The molecule has 6 aliphatic rings. The molecule has 37 heavy (non-hydrogen) atoms. The molecule has 2 nitrogen and oxygen atoms in total. The predicted molar refractivity (Wildman–Crippen MR) is 152 cm³/mol. The molecule has 208 valence electrons. The van der Waals surface area contributed by atoms with Crippen LogP contribution in [-0.4, -0.2) is 11.6 Å². The van der Waals surface area contributed by atoms with Gasteiger partial charge in [-0.2, -0.15) is 0 Å². The molecule has 6 fully saturated rings. The molecule has 6 saturated carbocycles. The number of carbonyl (C=O) groups is 1. The van der Waals surface area contributed by atoms with Crippen molar-refractivity contribution in [3.8, 4) is 0 Å². The molecule has 6 aliphatic carbocycles. The van der Waals surface area contributed by atoms with Gasteiger partial charge in [0.05, 0.1) is 5.92 Å². The Morgan fingerprint density at radius 1 is 0.757 bits per heavy atom. The number of esters is 1. The Balaban J connectivity index is 1.20. The molecule has 6 rings (SSSR count). The number of hydrogen-bond donors (Lipinski definition) is 0. The highest BCUT2D eigenvalue weighted by Crippen LogP contribution is 2.69. The lowest BCUT2D eigenvalue weighted by atomic mass is 9.60. The van der Waals surface area contributed by atoms with Gasteiger partial charge in [0, 0.05) is 11.8 Å². The van der Waals surface area contributed by atoms with E-state index in [1.807, 2.05) is 0 Å². The van der Waals surface area contributed by atoms with Gasteiger partial charge in [-0.05, 0) is 138 Å². The zero-order chi connectivity index (χ0) is 25.6. The summed E-state index contributed by atoms with van der Waals surface area (Å²) in [5, 5.41) is 0. The van der Waals surface area contributed by atoms with E-state index in [9.17, 15) is 4.79 Å². The van der Waals surface area contributed by atoms with Crippen molar-refractivity contribution in [2.75, 3.05) is 0 Å². The van der Waals surface area contributed by atoms with Crippen molar-refractivity contribution in [1.29, 1.82) is 0 Å². The van der Waals surface area contributed by atoms with Crippen molar-refractivity contribution in [1.82, 2.24) is 0 Å². The molecule has 0 amide bonds. The van der Waals surface area contributed by atoms with Crippen LogP contribution in [0.3, 0.4) is 0 Å². The molecule has 0 aliphatic heterocycles. The highest BCUT2D eigenvalue weighted by molar-refractivity contribution is 5.73. The summed E-state index contributed by atoms with van der Waals surface area (Å²) < 4.78 is 7.06. The van der Waals surface area contributed by atoms with Crippen molar-refractivity contribution in [2.45, 2.75) is 136 Å². The number of rotatable bonds is 12. The van der Waals surface area contributed by atoms with Gasteiger partial charge in [0.25, 0.3) is 0 Å². The summed E-state index contributed by atoms with van der Waals surface area (Å²) in [6.07, 6.45) is 26.8. The fourth-order valence-corrected chi connectivity index (χ4v) is 11.8. The van der Waals surface area contributed by atoms with Crippen LogP contribution < -0.4 is 0 Å². The third-order valence-electron chi connectivity index (χ3n) is 13.2.